The summed E-state index contributed by atoms with van der Waals surface area (Å²) in [6.45, 7) is 1.33. The molecule has 0 saturated carbocycles. The van der Waals surface area contributed by atoms with Crippen LogP contribution in [0.5, 0.6) is 5.88 Å². The molecule has 2 heterocycles. The number of pyridine rings is 1. The van der Waals surface area contributed by atoms with Crippen LogP contribution in [0.15, 0.2) is 30.3 Å². The van der Waals surface area contributed by atoms with E-state index in [2.05, 4.69) is 10.3 Å². The summed E-state index contributed by atoms with van der Waals surface area (Å²) in [4.78, 5) is 28.5. The fraction of sp³-hybridized carbons (Fsp3) is 0.400. The first-order valence-corrected chi connectivity index (χ1v) is 11.5. The molecule has 3 rings (SSSR count). The zero-order valence-corrected chi connectivity index (χ0v) is 18.8. The molecule has 1 aliphatic rings. The van der Waals surface area contributed by atoms with E-state index in [0.717, 1.165) is 29.7 Å². The molecular weight excluding hydrogens is 485 g/mol. The Morgan fingerprint density at radius 1 is 1.27 bits per heavy atom. The summed E-state index contributed by atoms with van der Waals surface area (Å²) in [5, 5.41) is 13.5. The third-order valence-electron chi connectivity index (χ3n) is 4.71. The highest BCUT2D eigenvalue weighted by molar-refractivity contribution is 7.99. The molecule has 1 aliphatic heterocycles. The van der Waals surface area contributed by atoms with Crippen LogP contribution in [0, 0.1) is 10.1 Å². The lowest BCUT2D eigenvalue weighted by molar-refractivity contribution is -0.384. The first-order valence-electron chi connectivity index (χ1n) is 9.92. The van der Waals surface area contributed by atoms with Crippen LogP contribution < -0.4 is 15.0 Å². The Hall–Kier alpha value is -2.73. The molecule has 1 N–H and O–H groups in total. The number of aromatic nitrogens is 1. The molecule has 1 aromatic heterocycles. The summed E-state index contributed by atoms with van der Waals surface area (Å²) >= 11 is 7.66. The van der Waals surface area contributed by atoms with Crippen LogP contribution in [0.2, 0.25) is 5.02 Å². The van der Waals surface area contributed by atoms with Crippen LogP contribution in [0.4, 0.5) is 24.7 Å². The number of ether oxygens (including phenoxy) is 1. The van der Waals surface area contributed by atoms with Gasteiger partial charge in [0, 0.05) is 49.3 Å². The van der Waals surface area contributed by atoms with Crippen LogP contribution in [0.25, 0.3) is 0 Å². The van der Waals surface area contributed by atoms with E-state index in [9.17, 15) is 28.1 Å². The zero-order chi connectivity index (χ0) is 24.0. The minimum atomic E-state index is -4.54. The number of alkyl halides is 3. The highest BCUT2D eigenvalue weighted by Crippen LogP contribution is 2.34. The topological polar surface area (TPSA) is 97.6 Å². The van der Waals surface area contributed by atoms with Gasteiger partial charge in [0.1, 0.15) is 5.82 Å². The van der Waals surface area contributed by atoms with Crippen molar-refractivity contribution >= 4 is 40.8 Å². The zero-order valence-electron chi connectivity index (χ0n) is 17.2. The van der Waals surface area contributed by atoms with Crippen molar-refractivity contribution in [3.63, 3.8) is 0 Å². The molecule has 13 heteroatoms. The van der Waals surface area contributed by atoms with Gasteiger partial charge in [-0.2, -0.15) is 29.9 Å². The van der Waals surface area contributed by atoms with Gasteiger partial charge in [0.05, 0.1) is 27.7 Å². The normalized spacial score (nSPS) is 14.1. The fourth-order valence-corrected chi connectivity index (χ4v) is 4.14. The number of carbonyl (C=O) groups is 1. The smallest absolute Gasteiger partial charge is 0.416 e. The molecule has 178 valence electrons. The molecule has 1 fully saturated rings. The second-order valence-corrected chi connectivity index (χ2v) is 8.66. The highest BCUT2D eigenvalue weighted by atomic mass is 35.5. The monoisotopic (exact) mass is 504 g/mol. The predicted octanol–water partition coefficient (Wildman–Crippen LogP) is 4.41. The molecule has 33 heavy (non-hydrogen) atoms. The number of hydrogen-bond donors (Lipinski definition) is 1. The Kier molecular flexibility index (Phi) is 8.25. The number of halogens is 4. The average molecular weight is 505 g/mol. The Morgan fingerprint density at radius 2 is 2.00 bits per heavy atom. The van der Waals surface area contributed by atoms with Gasteiger partial charge in [-0.15, -0.1) is 0 Å². The van der Waals surface area contributed by atoms with Crippen molar-refractivity contribution in [2.75, 3.05) is 42.6 Å². The van der Waals surface area contributed by atoms with Crippen molar-refractivity contribution in [1.29, 1.82) is 0 Å². The number of hydrogen-bond acceptors (Lipinski definition) is 7. The van der Waals surface area contributed by atoms with Crippen LogP contribution in [0.1, 0.15) is 22.3 Å². The van der Waals surface area contributed by atoms with Gasteiger partial charge in [-0.05, 0) is 18.6 Å². The second kappa shape index (κ2) is 10.9. The number of amides is 1. The summed E-state index contributed by atoms with van der Waals surface area (Å²) in [7, 11) is 0. The number of benzene rings is 1. The van der Waals surface area contributed by atoms with Gasteiger partial charge in [0.25, 0.3) is 11.6 Å². The fourth-order valence-electron chi connectivity index (χ4n) is 3.03. The van der Waals surface area contributed by atoms with E-state index in [1.165, 1.54) is 12.1 Å². The SMILES string of the molecule is O=C(NCCCOc1cc(C(F)(F)F)cc(N2CCSCC2)n1)c1cc([N+](=O)[O-])ccc1Cl. The number of thioether (sulfide) groups is 1. The first kappa shape index (κ1) is 24.9. The quantitative estimate of drug-likeness (QED) is 0.323. The van der Waals surface area contributed by atoms with Crippen LogP contribution in [-0.4, -0.2) is 53.6 Å². The minimum Gasteiger partial charge on any atom is -0.478 e. The van der Waals surface area contributed by atoms with Crippen molar-refractivity contribution in [3.8, 4) is 5.88 Å². The summed E-state index contributed by atoms with van der Waals surface area (Å²) in [5.74, 6) is 1.08. The number of anilines is 1. The van der Waals surface area contributed by atoms with Gasteiger partial charge in [-0.1, -0.05) is 11.6 Å². The third-order valence-corrected chi connectivity index (χ3v) is 5.98. The Morgan fingerprint density at radius 3 is 2.67 bits per heavy atom. The molecule has 0 unspecified atom stereocenters. The van der Waals surface area contributed by atoms with Gasteiger partial charge < -0.3 is 15.0 Å². The van der Waals surface area contributed by atoms with E-state index >= 15 is 0 Å². The molecule has 0 spiro atoms. The number of nitro benzene ring substituents is 1. The predicted molar refractivity (Wildman–Crippen MR) is 119 cm³/mol. The lowest BCUT2D eigenvalue weighted by Gasteiger charge is -2.28. The van der Waals surface area contributed by atoms with E-state index in [1.807, 2.05) is 0 Å². The first-order chi connectivity index (χ1) is 15.6. The molecule has 0 bridgehead atoms. The number of nitrogens with zero attached hydrogens (tertiary/aromatic N) is 3. The Bertz CT molecular complexity index is 1020. The average Bonchev–Trinajstić information content (AvgIpc) is 2.78. The number of rotatable bonds is 8. The van der Waals surface area contributed by atoms with Crippen molar-refractivity contribution in [3.05, 3.63) is 56.6 Å². The molecule has 8 nitrogen and oxygen atoms in total. The van der Waals surface area contributed by atoms with Gasteiger partial charge in [0.2, 0.25) is 5.88 Å². The number of non-ortho nitro benzene ring substituents is 1. The van der Waals surface area contributed by atoms with E-state index in [4.69, 9.17) is 16.3 Å². The van der Waals surface area contributed by atoms with Crippen LogP contribution >= 0.6 is 23.4 Å². The van der Waals surface area contributed by atoms with E-state index in [-0.39, 0.29) is 47.5 Å². The van der Waals surface area contributed by atoms with E-state index in [0.29, 0.717) is 13.1 Å². The number of nitrogens with one attached hydrogen (secondary N) is 1. The lowest BCUT2D eigenvalue weighted by Crippen LogP contribution is -2.33. The number of nitro groups is 1. The van der Waals surface area contributed by atoms with Gasteiger partial charge in [-0.3, -0.25) is 14.9 Å². The van der Waals surface area contributed by atoms with Gasteiger partial charge in [0.15, 0.2) is 0 Å². The van der Waals surface area contributed by atoms with Crippen molar-refractivity contribution in [2.45, 2.75) is 12.6 Å². The molecular formula is C20H20ClF3N4O4S. The van der Waals surface area contributed by atoms with Crippen LogP contribution in [0.3, 0.4) is 0 Å². The van der Waals surface area contributed by atoms with E-state index in [1.54, 1.807) is 16.7 Å². The maximum absolute atomic E-state index is 13.3. The third kappa shape index (κ3) is 6.87. The minimum absolute atomic E-state index is 0.00650. The number of carbonyl (C=O) groups excluding carboxylic acids is 1. The summed E-state index contributed by atoms with van der Waals surface area (Å²) in [6.07, 6.45) is -4.27. The molecule has 1 amide bonds. The molecule has 1 saturated heterocycles. The van der Waals surface area contributed by atoms with Crippen molar-refractivity contribution < 1.29 is 27.6 Å². The largest absolute Gasteiger partial charge is 0.478 e. The summed E-state index contributed by atoms with van der Waals surface area (Å²) in [5.41, 5.74) is -1.16. The Balaban J connectivity index is 1.57. The second-order valence-electron chi connectivity index (χ2n) is 7.03. The lowest BCUT2D eigenvalue weighted by atomic mass is 10.2. The standard InChI is InChI=1S/C20H20ClF3N4O4S/c21-16-3-2-14(28(30)31)12-15(16)19(29)25-4-1-7-32-18-11-13(20(22,23)24)10-17(26-18)27-5-8-33-9-6-27/h2-3,10-12H,1,4-9H2,(H,25,29). The molecule has 0 aliphatic carbocycles. The maximum atomic E-state index is 13.3. The summed E-state index contributed by atoms with van der Waals surface area (Å²) in [6, 6.07) is 5.39. The highest BCUT2D eigenvalue weighted by Gasteiger charge is 2.32. The molecule has 0 atom stereocenters. The van der Waals surface area contributed by atoms with Crippen molar-refractivity contribution in [1.82, 2.24) is 10.3 Å². The van der Waals surface area contributed by atoms with E-state index < -0.39 is 22.6 Å². The summed E-state index contributed by atoms with van der Waals surface area (Å²) < 4.78 is 45.4. The molecule has 2 aromatic rings. The van der Waals surface area contributed by atoms with Gasteiger partial charge >= 0.3 is 6.18 Å². The van der Waals surface area contributed by atoms with Crippen LogP contribution in [-0.2, 0) is 6.18 Å². The van der Waals surface area contributed by atoms with Gasteiger partial charge in [-0.25, -0.2) is 0 Å². The Labute approximate surface area is 196 Å². The molecule has 1 aromatic carbocycles. The molecule has 0 radical (unpaired) electrons. The maximum Gasteiger partial charge on any atom is 0.416 e. The van der Waals surface area contributed by atoms with Crippen molar-refractivity contribution in [2.24, 2.45) is 0 Å².